The lowest BCUT2D eigenvalue weighted by Gasteiger charge is -2.32. The van der Waals surface area contributed by atoms with E-state index < -0.39 is 0 Å². The van der Waals surface area contributed by atoms with Crippen molar-refractivity contribution in [1.29, 1.82) is 0 Å². The van der Waals surface area contributed by atoms with Crippen molar-refractivity contribution in [2.24, 2.45) is 0 Å². The van der Waals surface area contributed by atoms with Gasteiger partial charge in [-0.25, -0.2) is 5.06 Å². The van der Waals surface area contributed by atoms with Crippen molar-refractivity contribution in [1.82, 2.24) is 19.8 Å². The van der Waals surface area contributed by atoms with Crippen LogP contribution in [0.15, 0.2) is 73.1 Å². The summed E-state index contributed by atoms with van der Waals surface area (Å²) < 4.78 is 0. The van der Waals surface area contributed by atoms with Crippen LogP contribution < -0.4 is 5.32 Å². The fraction of sp³-hybridized carbons (Fsp3) is 0.280. The van der Waals surface area contributed by atoms with Gasteiger partial charge in [0, 0.05) is 49.9 Å². The highest BCUT2D eigenvalue weighted by molar-refractivity contribution is 5.77. The number of pyridine rings is 1. The number of anilines is 2. The maximum absolute atomic E-state index is 12.3. The average Bonchev–Trinajstić information content (AvgIpc) is 2.83. The summed E-state index contributed by atoms with van der Waals surface area (Å²) in [4.78, 5) is 20.7. The molecule has 3 aromatic rings. The predicted molar refractivity (Wildman–Crippen MR) is 126 cm³/mol. The molecule has 2 aromatic carbocycles. The number of nitrogens with one attached hydrogen (secondary N) is 1. The number of likely N-dealkylation sites (N-methyl/N-ethyl adjacent to an activating group) is 1. The molecular formula is C25H29N5O2. The molecule has 2 N–H and O–H groups in total. The van der Waals surface area contributed by atoms with Crippen LogP contribution in [-0.4, -0.2) is 70.7 Å². The molecule has 7 heteroatoms. The zero-order valence-electron chi connectivity index (χ0n) is 18.3. The van der Waals surface area contributed by atoms with Crippen molar-refractivity contribution in [3.05, 3.63) is 78.6 Å². The van der Waals surface area contributed by atoms with Crippen LogP contribution in [0, 0.1) is 0 Å². The van der Waals surface area contributed by atoms with E-state index in [1.54, 1.807) is 12.4 Å². The molecule has 1 aromatic heterocycles. The standard InChI is InChI=1S/C25H29N5O2/c1-28-14-16-29(17-15-28)19-25(31)30(32)18-20-2-6-23(7-3-20)27-24-8-4-21(5-9-24)22-10-12-26-13-11-22/h2-13,27,32H,14-19H2,1H3. The summed E-state index contributed by atoms with van der Waals surface area (Å²) in [5, 5.41) is 14.4. The number of nitrogens with zero attached hydrogens (tertiary/aromatic N) is 4. The third kappa shape index (κ3) is 5.91. The minimum Gasteiger partial charge on any atom is -0.356 e. The normalized spacial score (nSPS) is 14.8. The Hall–Kier alpha value is -3.26. The van der Waals surface area contributed by atoms with Crippen LogP contribution >= 0.6 is 0 Å². The van der Waals surface area contributed by atoms with Gasteiger partial charge < -0.3 is 10.2 Å². The summed E-state index contributed by atoms with van der Waals surface area (Å²) in [5.74, 6) is -0.272. The summed E-state index contributed by atoms with van der Waals surface area (Å²) in [5.41, 5.74) is 5.07. The largest absolute Gasteiger partial charge is 0.356 e. The second-order valence-corrected chi connectivity index (χ2v) is 8.17. The van der Waals surface area contributed by atoms with E-state index in [9.17, 15) is 10.0 Å². The molecule has 0 aliphatic carbocycles. The molecule has 7 nitrogen and oxygen atoms in total. The Morgan fingerprint density at radius 2 is 1.47 bits per heavy atom. The van der Waals surface area contributed by atoms with Gasteiger partial charge in [0.2, 0.25) is 0 Å². The van der Waals surface area contributed by atoms with Gasteiger partial charge in [-0.1, -0.05) is 24.3 Å². The summed E-state index contributed by atoms with van der Waals surface area (Å²) in [7, 11) is 2.08. The molecule has 1 amide bonds. The highest BCUT2D eigenvalue weighted by Gasteiger charge is 2.19. The van der Waals surface area contributed by atoms with Crippen LogP contribution in [0.2, 0.25) is 0 Å². The van der Waals surface area contributed by atoms with Crippen LogP contribution in [-0.2, 0) is 11.3 Å². The van der Waals surface area contributed by atoms with E-state index in [1.165, 1.54) is 0 Å². The van der Waals surface area contributed by atoms with Crippen LogP contribution in [0.5, 0.6) is 0 Å². The van der Waals surface area contributed by atoms with E-state index >= 15 is 0 Å². The van der Waals surface area contributed by atoms with Crippen molar-refractivity contribution in [2.45, 2.75) is 6.54 Å². The number of benzene rings is 2. The van der Waals surface area contributed by atoms with Crippen LogP contribution in [0.25, 0.3) is 11.1 Å². The van der Waals surface area contributed by atoms with Gasteiger partial charge in [0.1, 0.15) is 0 Å². The SMILES string of the molecule is CN1CCN(CC(=O)N(O)Cc2ccc(Nc3ccc(-c4ccncc4)cc3)cc2)CC1. The van der Waals surface area contributed by atoms with E-state index in [1.807, 2.05) is 48.5 Å². The van der Waals surface area contributed by atoms with Gasteiger partial charge in [-0.15, -0.1) is 0 Å². The number of carbonyl (C=O) groups is 1. The number of hydroxylamine groups is 2. The fourth-order valence-corrected chi connectivity index (χ4v) is 3.69. The molecule has 2 heterocycles. The van der Waals surface area contributed by atoms with Gasteiger partial charge in [-0.3, -0.25) is 19.9 Å². The average molecular weight is 432 g/mol. The van der Waals surface area contributed by atoms with E-state index in [-0.39, 0.29) is 19.0 Å². The monoisotopic (exact) mass is 431 g/mol. The summed E-state index contributed by atoms with van der Waals surface area (Å²) in [6.07, 6.45) is 3.58. The highest BCUT2D eigenvalue weighted by atomic mass is 16.5. The Morgan fingerprint density at radius 3 is 2.09 bits per heavy atom. The maximum atomic E-state index is 12.3. The molecule has 1 aliphatic heterocycles. The number of piperazine rings is 1. The second kappa shape index (κ2) is 10.4. The van der Waals surface area contributed by atoms with Crippen LogP contribution in [0.1, 0.15) is 5.56 Å². The quantitative estimate of drug-likeness (QED) is 0.441. The number of amides is 1. The molecule has 4 rings (SSSR count). The van der Waals surface area contributed by atoms with E-state index in [0.717, 1.165) is 59.3 Å². The smallest absolute Gasteiger partial charge is 0.260 e. The van der Waals surface area contributed by atoms with E-state index in [4.69, 9.17) is 0 Å². The Bertz CT molecular complexity index is 1000. The van der Waals surface area contributed by atoms with Gasteiger partial charge in [0.15, 0.2) is 0 Å². The number of hydrogen-bond acceptors (Lipinski definition) is 6. The van der Waals surface area contributed by atoms with Gasteiger partial charge in [0.05, 0.1) is 13.1 Å². The first-order valence-corrected chi connectivity index (χ1v) is 10.8. The van der Waals surface area contributed by atoms with Crippen LogP contribution in [0.4, 0.5) is 11.4 Å². The van der Waals surface area contributed by atoms with Crippen LogP contribution in [0.3, 0.4) is 0 Å². The Kier molecular flexibility index (Phi) is 7.11. The maximum Gasteiger partial charge on any atom is 0.260 e. The molecule has 0 spiro atoms. The number of carbonyl (C=O) groups excluding carboxylic acids is 1. The lowest BCUT2D eigenvalue weighted by Crippen LogP contribution is -2.48. The van der Waals surface area contributed by atoms with E-state index in [0.29, 0.717) is 0 Å². The third-order valence-corrected chi connectivity index (χ3v) is 5.72. The second-order valence-electron chi connectivity index (χ2n) is 8.17. The summed E-state index contributed by atoms with van der Waals surface area (Å²) in [6, 6.07) is 19.9. The van der Waals surface area contributed by atoms with Gasteiger partial charge in [-0.05, 0) is 60.1 Å². The molecule has 1 saturated heterocycles. The molecule has 1 fully saturated rings. The van der Waals surface area contributed by atoms with Crippen molar-refractivity contribution in [3.8, 4) is 11.1 Å². The van der Waals surface area contributed by atoms with Crippen molar-refractivity contribution in [3.63, 3.8) is 0 Å². The first kappa shape index (κ1) is 22.0. The third-order valence-electron chi connectivity index (χ3n) is 5.72. The number of rotatable bonds is 7. The van der Waals surface area contributed by atoms with Gasteiger partial charge in [0.25, 0.3) is 5.91 Å². The highest BCUT2D eigenvalue weighted by Crippen LogP contribution is 2.23. The van der Waals surface area contributed by atoms with Gasteiger partial charge in [-0.2, -0.15) is 0 Å². The zero-order valence-corrected chi connectivity index (χ0v) is 18.3. The molecule has 32 heavy (non-hydrogen) atoms. The Morgan fingerprint density at radius 1 is 0.906 bits per heavy atom. The Labute approximate surface area is 188 Å². The van der Waals surface area contributed by atoms with Crippen molar-refractivity contribution < 1.29 is 10.0 Å². The van der Waals surface area contributed by atoms with Crippen molar-refractivity contribution in [2.75, 3.05) is 45.1 Å². The molecule has 0 radical (unpaired) electrons. The topological polar surface area (TPSA) is 71.9 Å². The first-order valence-electron chi connectivity index (χ1n) is 10.8. The lowest BCUT2D eigenvalue weighted by atomic mass is 10.1. The number of aromatic nitrogens is 1. The minimum absolute atomic E-state index is 0.174. The summed E-state index contributed by atoms with van der Waals surface area (Å²) >= 11 is 0. The molecule has 0 saturated carbocycles. The molecule has 0 atom stereocenters. The first-order chi connectivity index (χ1) is 15.6. The molecule has 1 aliphatic rings. The van der Waals surface area contributed by atoms with E-state index in [2.05, 4.69) is 39.3 Å². The molecule has 0 unspecified atom stereocenters. The summed E-state index contributed by atoms with van der Waals surface area (Å²) in [6.45, 7) is 4.01. The lowest BCUT2D eigenvalue weighted by molar-refractivity contribution is -0.169. The molecule has 166 valence electrons. The molecule has 0 bridgehead atoms. The fourth-order valence-electron chi connectivity index (χ4n) is 3.69. The zero-order chi connectivity index (χ0) is 22.3. The predicted octanol–water partition coefficient (Wildman–Crippen LogP) is 3.46. The number of hydrogen-bond donors (Lipinski definition) is 2. The van der Waals surface area contributed by atoms with Crippen molar-refractivity contribution >= 4 is 17.3 Å². The van der Waals surface area contributed by atoms with Gasteiger partial charge >= 0.3 is 0 Å². The Balaban J connectivity index is 1.28. The molecular weight excluding hydrogens is 402 g/mol. The minimum atomic E-state index is -0.272.